The van der Waals surface area contributed by atoms with Gasteiger partial charge in [0.1, 0.15) is 6.26 Å². The Balaban J connectivity index is 2.52. The number of aliphatic carboxylic acids is 1. The maximum atomic E-state index is 12.5. The smallest absolute Gasteiger partial charge is 0.375 e. The number of hydrogen-bond donors (Lipinski definition) is 1. The monoisotopic (exact) mass is 223 g/mol. The largest absolute Gasteiger partial charge is 0.477 e. The molecule has 0 bridgehead atoms. The Morgan fingerprint density at radius 1 is 1.79 bits per heavy atom. The van der Waals surface area contributed by atoms with Gasteiger partial charge in [0.15, 0.2) is 0 Å². The van der Waals surface area contributed by atoms with Gasteiger partial charge >= 0.3 is 11.9 Å². The molecule has 0 unspecified atom stereocenters. The van der Waals surface area contributed by atoms with E-state index in [0.29, 0.717) is 17.5 Å². The summed E-state index contributed by atoms with van der Waals surface area (Å²) in [5.41, 5.74) is 0.561. The molecule has 0 aliphatic heterocycles. The van der Waals surface area contributed by atoms with Crippen LogP contribution in [-0.2, 0) is 4.79 Å². The van der Waals surface area contributed by atoms with Crippen molar-refractivity contribution in [1.82, 2.24) is 4.98 Å². The third kappa shape index (κ3) is 2.69. The molecule has 1 N–H and O–H groups in total. The first-order valence-corrected chi connectivity index (χ1v) is 4.56. The first-order valence-electron chi connectivity index (χ1n) is 3.58. The SMILES string of the molecule is Cc1coc(SCC(F)(F)C(=O)O)n1. The zero-order valence-electron chi connectivity index (χ0n) is 7.16. The van der Waals surface area contributed by atoms with Crippen molar-refractivity contribution in [2.24, 2.45) is 0 Å². The van der Waals surface area contributed by atoms with Crippen LogP contribution in [0.3, 0.4) is 0 Å². The lowest BCUT2D eigenvalue weighted by atomic mass is 10.4. The first kappa shape index (κ1) is 11.0. The van der Waals surface area contributed by atoms with Gasteiger partial charge in [0, 0.05) is 0 Å². The van der Waals surface area contributed by atoms with Gasteiger partial charge in [-0.3, -0.25) is 0 Å². The topological polar surface area (TPSA) is 63.3 Å². The van der Waals surface area contributed by atoms with Crippen molar-refractivity contribution >= 4 is 17.7 Å². The normalized spacial score (nSPS) is 11.6. The second kappa shape index (κ2) is 3.95. The molecule has 0 amide bonds. The number of alkyl halides is 2. The van der Waals surface area contributed by atoms with E-state index in [0.717, 1.165) is 0 Å². The highest BCUT2D eigenvalue weighted by molar-refractivity contribution is 7.99. The van der Waals surface area contributed by atoms with E-state index in [9.17, 15) is 13.6 Å². The Hall–Kier alpha value is -1.11. The van der Waals surface area contributed by atoms with Crippen LogP contribution in [0.5, 0.6) is 0 Å². The second-order valence-corrected chi connectivity index (χ2v) is 3.48. The quantitative estimate of drug-likeness (QED) is 0.788. The van der Waals surface area contributed by atoms with Crippen molar-refractivity contribution in [2.75, 3.05) is 5.75 Å². The molecule has 0 saturated carbocycles. The van der Waals surface area contributed by atoms with E-state index in [2.05, 4.69) is 4.98 Å². The molecule has 14 heavy (non-hydrogen) atoms. The van der Waals surface area contributed by atoms with E-state index >= 15 is 0 Å². The van der Waals surface area contributed by atoms with Crippen molar-refractivity contribution in [2.45, 2.75) is 18.1 Å². The summed E-state index contributed by atoms with van der Waals surface area (Å²) in [6.45, 7) is 1.64. The number of rotatable bonds is 4. The Morgan fingerprint density at radius 3 is 2.86 bits per heavy atom. The molecule has 1 aromatic rings. The molecule has 78 valence electrons. The summed E-state index contributed by atoms with van der Waals surface area (Å²) in [7, 11) is 0. The number of aromatic nitrogens is 1. The zero-order valence-corrected chi connectivity index (χ0v) is 7.98. The van der Waals surface area contributed by atoms with E-state index in [1.165, 1.54) is 6.26 Å². The summed E-state index contributed by atoms with van der Waals surface area (Å²) >= 11 is 0.568. The van der Waals surface area contributed by atoms with Crippen LogP contribution in [0.1, 0.15) is 5.69 Å². The Labute approximate surface area is 82.3 Å². The lowest BCUT2D eigenvalue weighted by Crippen LogP contribution is -2.30. The molecule has 0 fully saturated rings. The number of oxazole rings is 1. The van der Waals surface area contributed by atoms with E-state index in [4.69, 9.17) is 9.52 Å². The highest BCUT2D eigenvalue weighted by Gasteiger charge is 2.39. The van der Waals surface area contributed by atoms with Gasteiger partial charge < -0.3 is 9.52 Å². The number of carbonyl (C=O) groups is 1. The number of aryl methyl sites for hydroxylation is 1. The van der Waals surface area contributed by atoms with Gasteiger partial charge in [-0.25, -0.2) is 9.78 Å². The molecule has 0 saturated heterocycles. The molecular formula is C7H7F2NO3S. The summed E-state index contributed by atoms with van der Waals surface area (Å²) in [6.07, 6.45) is 1.31. The van der Waals surface area contributed by atoms with Gasteiger partial charge in [0.2, 0.25) is 0 Å². The summed E-state index contributed by atoms with van der Waals surface area (Å²) in [5.74, 6) is -6.79. The molecule has 0 aromatic carbocycles. The van der Waals surface area contributed by atoms with Crippen molar-refractivity contribution in [1.29, 1.82) is 0 Å². The van der Waals surface area contributed by atoms with Gasteiger partial charge in [0.05, 0.1) is 11.4 Å². The van der Waals surface area contributed by atoms with Crippen LogP contribution in [0, 0.1) is 6.92 Å². The number of carboxylic acids is 1. The van der Waals surface area contributed by atoms with Crippen molar-refractivity contribution in [3.05, 3.63) is 12.0 Å². The Bertz CT molecular complexity index is 339. The average molecular weight is 223 g/mol. The highest BCUT2D eigenvalue weighted by atomic mass is 32.2. The van der Waals surface area contributed by atoms with Gasteiger partial charge in [-0.05, 0) is 6.92 Å². The fourth-order valence-corrected chi connectivity index (χ4v) is 1.37. The van der Waals surface area contributed by atoms with Crippen molar-refractivity contribution in [3.8, 4) is 0 Å². The second-order valence-electron chi connectivity index (χ2n) is 2.55. The average Bonchev–Trinajstić information content (AvgIpc) is 2.48. The number of carboxylic acid groups (broad SMARTS) is 1. The van der Waals surface area contributed by atoms with Crippen LogP contribution in [0.25, 0.3) is 0 Å². The number of nitrogens with zero attached hydrogens (tertiary/aromatic N) is 1. The van der Waals surface area contributed by atoms with Crippen LogP contribution in [0.2, 0.25) is 0 Å². The first-order chi connectivity index (χ1) is 6.42. The fraction of sp³-hybridized carbons (Fsp3) is 0.429. The highest BCUT2D eigenvalue weighted by Crippen LogP contribution is 2.25. The van der Waals surface area contributed by atoms with Gasteiger partial charge in [-0.1, -0.05) is 11.8 Å². The molecule has 0 radical (unpaired) electrons. The minimum atomic E-state index is -3.76. The van der Waals surface area contributed by atoms with Gasteiger partial charge in [-0.2, -0.15) is 8.78 Å². The van der Waals surface area contributed by atoms with Crippen molar-refractivity contribution in [3.63, 3.8) is 0 Å². The maximum absolute atomic E-state index is 12.5. The molecule has 0 aliphatic rings. The molecule has 7 heteroatoms. The summed E-state index contributed by atoms with van der Waals surface area (Å²) < 4.78 is 29.9. The fourth-order valence-electron chi connectivity index (χ4n) is 0.613. The predicted molar refractivity (Wildman–Crippen MR) is 44.5 cm³/mol. The third-order valence-corrected chi connectivity index (χ3v) is 2.23. The van der Waals surface area contributed by atoms with Gasteiger partial charge in [0.25, 0.3) is 5.22 Å². The number of halogens is 2. The summed E-state index contributed by atoms with van der Waals surface area (Å²) in [5, 5.41) is 8.15. The minimum absolute atomic E-state index is 0.0448. The molecule has 1 rings (SSSR count). The van der Waals surface area contributed by atoms with Crippen LogP contribution in [0.4, 0.5) is 8.78 Å². The Kier molecular flexibility index (Phi) is 3.10. The molecule has 0 aliphatic carbocycles. The predicted octanol–water partition coefficient (Wildman–Crippen LogP) is 1.80. The lowest BCUT2D eigenvalue weighted by molar-refractivity contribution is -0.161. The third-order valence-electron chi connectivity index (χ3n) is 1.29. The maximum Gasteiger partial charge on any atom is 0.375 e. The molecule has 1 aromatic heterocycles. The number of thioether (sulfide) groups is 1. The van der Waals surface area contributed by atoms with Crippen LogP contribution in [-0.4, -0.2) is 27.7 Å². The number of hydrogen-bond acceptors (Lipinski definition) is 4. The molecule has 0 atom stereocenters. The van der Waals surface area contributed by atoms with Crippen LogP contribution >= 0.6 is 11.8 Å². The summed E-state index contributed by atoms with van der Waals surface area (Å²) in [6, 6.07) is 0. The Morgan fingerprint density at radius 2 is 2.43 bits per heavy atom. The summed E-state index contributed by atoms with van der Waals surface area (Å²) in [4.78, 5) is 13.8. The van der Waals surface area contributed by atoms with E-state index in [1.807, 2.05) is 0 Å². The molecular weight excluding hydrogens is 216 g/mol. The van der Waals surface area contributed by atoms with Crippen LogP contribution < -0.4 is 0 Å². The van der Waals surface area contributed by atoms with E-state index in [1.54, 1.807) is 6.92 Å². The molecule has 0 spiro atoms. The minimum Gasteiger partial charge on any atom is -0.477 e. The van der Waals surface area contributed by atoms with Crippen LogP contribution in [0.15, 0.2) is 15.9 Å². The lowest BCUT2D eigenvalue weighted by Gasteiger charge is -2.07. The van der Waals surface area contributed by atoms with Crippen molar-refractivity contribution < 1.29 is 23.1 Å². The van der Waals surface area contributed by atoms with Gasteiger partial charge in [-0.15, -0.1) is 0 Å². The zero-order chi connectivity index (χ0) is 10.8. The van der Waals surface area contributed by atoms with E-state index in [-0.39, 0.29) is 5.22 Å². The molecule has 4 nitrogen and oxygen atoms in total. The van der Waals surface area contributed by atoms with E-state index < -0.39 is 17.6 Å². The molecule has 1 heterocycles. The standard InChI is InChI=1S/C7H7F2NO3S/c1-4-2-13-6(10-4)14-3-7(8,9)5(11)12/h2H,3H2,1H3,(H,11,12).